The fourth-order valence-electron chi connectivity index (χ4n) is 5.05. The van der Waals surface area contributed by atoms with Gasteiger partial charge in [0.15, 0.2) is 0 Å². The molecule has 40 heavy (non-hydrogen) atoms. The SMILES string of the molecule is CC(C)CNCc1cccc(-c2ccc(CN(CCCN3CCN(C)CC3)C(=O)/C=C/c3ccccc3)cc2)c1. The normalized spacial score (nSPS) is 14.7. The highest BCUT2D eigenvalue weighted by Crippen LogP contribution is 2.22. The van der Waals surface area contributed by atoms with Crippen molar-refractivity contribution in [1.29, 1.82) is 0 Å². The molecule has 0 radical (unpaired) electrons. The number of amides is 1. The van der Waals surface area contributed by atoms with Crippen LogP contribution in [-0.2, 0) is 17.9 Å². The summed E-state index contributed by atoms with van der Waals surface area (Å²) in [5, 5.41) is 3.53. The maximum atomic E-state index is 13.3. The van der Waals surface area contributed by atoms with E-state index < -0.39 is 0 Å². The molecule has 1 heterocycles. The van der Waals surface area contributed by atoms with Gasteiger partial charge >= 0.3 is 0 Å². The molecular weight excluding hydrogens is 492 g/mol. The van der Waals surface area contributed by atoms with Crippen LogP contribution >= 0.6 is 0 Å². The van der Waals surface area contributed by atoms with Crippen molar-refractivity contribution < 1.29 is 4.79 Å². The van der Waals surface area contributed by atoms with Crippen LogP contribution in [0, 0.1) is 5.92 Å². The molecule has 0 bridgehead atoms. The summed E-state index contributed by atoms with van der Waals surface area (Å²) in [6.07, 6.45) is 4.62. The Balaban J connectivity index is 1.39. The Morgan fingerprint density at radius 1 is 0.900 bits per heavy atom. The van der Waals surface area contributed by atoms with Crippen molar-refractivity contribution >= 4 is 12.0 Å². The van der Waals surface area contributed by atoms with E-state index in [4.69, 9.17) is 0 Å². The summed E-state index contributed by atoms with van der Waals surface area (Å²) in [7, 11) is 2.18. The molecular formula is C35H46N4O. The molecule has 5 heteroatoms. The Hall–Kier alpha value is -3.25. The molecule has 1 aliphatic heterocycles. The van der Waals surface area contributed by atoms with Crippen LogP contribution in [0.2, 0.25) is 0 Å². The fraction of sp³-hybridized carbons (Fsp3) is 0.400. The fourth-order valence-corrected chi connectivity index (χ4v) is 5.05. The predicted octanol–water partition coefficient (Wildman–Crippen LogP) is 5.78. The third-order valence-corrected chi connectivity index (χ3v) is 7.50. The molecule has 0 saturated carbocycles. The van der Waals surface area contributed by atoms with Gasteiger partial charge < -0.3 is 20.0 Å². The molecule has 3 aromatic carbocycles. The second kappa shape index (κ2) is 15.5. The molecule has 1 N–H and O–H groups in total. The van der Waals surface area contributed by atoms with Gasteiger partial charge in [0, 0.05) is 51.9 Å². The summed E-state index contributed by atoms with van der Waals surface area (Å²) in [5.41, 5.74) is 5.91. The van der Waals surface area contributed by atoms with Crippen molar-refractivity contribution in [2.45, 2.75) is 33.4 Å². The first-order chi connectivity index (χ1) is 19.5. The number of nitrogens with zero attached hydrogens (tertiary/aromatic N) is 3. The molecule has 4 rings (SSSR count). The Morgan fingerprint density at radius 2 is 1.65 bits per heavy atom. The highest BCUT2D eigenvalue weighted by atomic mass is 16.2. The van der Waals surface area contributed by atoms with Crippen LogP contribution in [-0.4, -0.2) is 73.5 Å². The number of carbonyl (C=O) groups excluding carboxylic acids is 1. The van der Waals surface area contributed by atoms with Crippen molar-refractivity contribution in [2.24, 2.45) is 5.92 Å². The van der Waals surface area contributed by atoms with Gasteiger partial charge in [0.1, 0.15) is 0 Å². The van der Waals surface area contributed by atoms with E-state index in [9.17, 15) is 4.79 Å². The van der Waals surface area contributed by atoms with Crippen LogP contribution in [0.3, 0.4) is 0 Å². The number of hydrogen-bond acceptors (Lipinski definition) is 4. The number of benzene rings is 3. The molecule has 0 atom stereocenters. The lowest BCUT2D eigenvalue weighted by Gasteiger charge is -2.33. The summed E-state index contributed by atoms with van der Waals surface area (Å²) in [6, 6.07) is 27.5. The quantitative estimate of drug-likeness (QED) is 0.280. The average Bonchev–Trinajstić information content (AvgIpc) is 2.97. The highest BCUT2D eigenvalue weighted by Gasteiger charge is 2.16. The third-order valence-electron chi connectivity index (χ3n) is 7.50. The zero-order chi connectivity index (χ0) is 28.2. The zero-order valence-electron chi connectivity index (χ0n) is 24.6. The van der Waals surface area contributed by atoms with Gasteiger partial charge in [-0.15, -0.1) is 0 Å². The van der Waals surface area contributed by atoms with Crippen LogP contribution in [0.15, 0.2) is 84.9 Å². The van der Waals surface area contributed by atoms with E-state index in [0.29, 0.717) is 12.5 Å². The molecule has 212 valence electrons. The van der Waals surface area contributed by atoms with Crippen molar-refractivity contribution in [3.05, 3.63) is 102 Å². The third kappa shape index (κ3) is 9.74. The summed E-state index contributed by atoms with van der Waals surface area (Å²) in [4.78, 5) is 20.2. The minimum absolute atomic E-state index is 0.0629. The zero-order valence-corrected chi connectivity index (χ0v) is 24.6. The van der Waals surface area contributed by atoms with Gasteiger partial charge in [-0.1, -0.05) is 86.6 Å². The average molecular weight is 539 g/mol. The van der Waals surface area contributed by atoms with Crippen molar-refractivity contribution in [2.75, 3.05) is 52.9 Å². The summed E-state index contributed by atoms with van der Waals surface area (Å²) in [6.45, 7) is 13.2. The molecule has 1 fully saturated rings. The van der Waals surface area contributed by atoms with Gasteiger partial charge in [0.25, 0.3) is 0 Å². The van der Waals surface area contributed by atoms with Crippen LogP contribution in [0.1, 0.15) is 37.0 Å². The highest BCUT2D eigenvalue weighted by molar-refractivity contribution is 5.91. The van der Waals surface area contributed by atoms with E-state index in [0.717, 1.165) is 69.9 Å². The Kier molecular flexibility index (Phi) is 11.5. The summed E-state index contributed by atoms with van der Waals surface area (Å²) >= 11 is 0. The van der Waals surface area contributed by atoms with Crippen LogP contribution in [0.4, 0.5) is 0 Å². The summed E-state index contributed by atoms with van der Waals surface area (Å²) < 4.78 is 0. The van der Waals surface area contributed by atoms with E-state index in [2.05, 4.69) is 84.5 Å². The lowest BCUT2D eigenvalue weighted by atomic mass is 10.0. The van der Waals surface area contributed by atoms with E-state index in [1.807, 2.05) is 41.3 Å². The van der Waals surface area contributed by atoms with Crippen molar-refractivity contribution in [1.82, 2.24) is 20.0 Å². The molecule has 1 aliphatic rings. The number of rotatable bonds is 13. The molecule has 5 nitrogen and oxygen atoms in total. The van der Waals surface area contributed by atoms with E-state index >= 15 is 0 Å². The second-order valence-corrected chi connectivity index (χ2v) is 11.4. The Labute approximate surface area is 241 Å². The molecule has 1 saturated heterocycles. The van der Waals surface area contributed by atoms with Gasteiger partial charge in [-0.2, -0.15) is 0 Å². The Bertz CT molecular complexity index is 1200. The van der Waals surface area contributed by atoms with Crippen LogP contribution < -0.4 is 5.32 Å². The molecule has 3 aromatic rings. The molecule has 0 spiro atoms. The van der Waals surface area contributed by atoms with Gasteiger partial charge in [-0.3, -0.25) is 4.79 Å². The number of piperazine rings is 1. The predicted molar refractivity (Wildman–Crippen MR) is 168 cm³/mol. The van der Waals surface area contributed by atoms with Crippen molar-refractivity contribution in [3.63, 3.8) is 0 Å². The van der Waals surface area contributed by atoms with Crippen LogP contribution in [0.5, 0.6) is 0 Å². The van der Waals surface area contributed by atoms with E-state index in [-0.39, 0.29) is 5.91 Å². The minimum atomic E-state index is 0.0629. The van der Waals surface area contributed by atoms with Crippen LogP contribution in [0.25, 0.3) is 17.2 Å². The van der Waals surface area contributed by atoms with Gasteiger partial charge in [-0.05, 0) is 72.4 Å². The van der Waals surface area contributed by atoms with Crippen molar-refractivity contribution in [3.8, 4) is 11.1 Å². The Morgan fingerprint density at radius 3 is 2.38 bits per heavy atom. The van der Waals surface area contributed by atoms with Gasteiger partial charge in [-0.25, -0.2) is 0 Å². The van der Waals surface area contributed by atoms with Gasteiger partial charge in [0.2, 0.25) is 5.91 Å². The standard InChI is InChI=1S/C35H46N4O/c1-29(2)26-36-27-32-11-7-12-34(25-32)33-16-13-31(14-17-33)28-39(20-8-19-38-23-21-37(3)22-24-38)35(40)18-15-30-9-5-4-6-10-30/h4-7,9-18,25,29,36H,8,19-24,26-28H2,1-3H3/b18-15+. The lowest BCUT2D eigenvalue weighted by molar-refractivity contribution is -0.126. The number of carbonyl (C=O) groups is 1. The van der Waals surface area contributed by atoms with E-state index in [1.54, 1.807) is 6.08 Å². The van der Waals surface area contributed by atoms with Gasteiger partial charge in [0.05, 0.1) is 0 Å². The largest absolute Gasteiger partial charge is 0.335 e. The molecule has 0 aliphatic carbocycles. The molecule has 1 amide bonds. The second-order valence-electron chi connectivity index (χ2n) is 11.4. The first kappa shape index (κ1) is 29.7. The first-order valence-electron chi connectivity index (χ1n) is 14.8. The topological polar surface area (TPSA) is 38.8 Å². The maximum Gasteiger partial charge on any atom is 0.246 e. The molecule has 0 aromatic heterocycles. The first-order valence-corrected chi connectivity index (χ1v) is 14.8. The smallest absolute Gasteiger partial charge is 0.246 e. The number of nitrogens with one attached hydrogen (secondary N) is 1. The monoisotopic (exact) mass is 538 g/mol. The number of hydrogen-bond donors (Lipinski definition) is 1. The number of likely N-dealkylation sites (N-methyl/N-ethyl adjacent to an activating group) is 1. The molecule has 0 unspecified atom stereocenters. The lowest BCUT2D eigenvalue weighted by Crippen LogP contribution is -2.45. The van der Waals surface area contributed by atoms with E-state index in [1.165, 1.54) is 16.7 Å². The minimum Gasteiger partial charge on any atom is -0.335 e. The summed E-state index contributed by atoms with van der Waals surface area (Å²) in [5.74, 6) is 0.704. The maximum absolute atomic E-state index is 13.3.